The van der Waals surface area contributed by atoms with Gasteiger partial charge in [0.1, 0.15) is 0 Å². The van der Waals surface area contributed by atoms with Gasteiger partial charge in [-0.2, -0.15) is 0 Å². The molecule has 0 bridgehead atoms. The highest BCUT2D eigenvalue weighted by molar-refractivity contribution is 4.91. The van der Waals surface area contributed by atoms with Crippen LogP contribution in [0.5, 0.6) is 0 Å². The molecular formula is C14H29NO2. The third kappa shape index (κ3) is 4.57. The van der Waals surface area contributed by atoms with E-state index in [1.54, 1.807) is 0 Å². The number of unbranched alkanes of at least 4 members (excludes halogenated alkanes) is 2. The van der Waals surface area contributed by atoms with Crippen molar-refractivity contribution >= 4 is 0 Å². The highest BCUT2D eigenvalue weighted by Crippen LogP contribution is 2.41. The van der Waals surface area contributed by atoms with Crippen LogP contribution in [0, 0.1) is 11.3 Å². The molecule has 0 amide bonds. The smallest absolute Gasteiger partial charge is 0.0631 e. The molecule has 0 aromatic rings. The van der Waals surface area contributed by atoms with Crippen molar-refractivity contribution < 1.29 is 10.2 Å². The van der Waals surface area contributed by atoms with E-state index in [-0.39, 0.29) is 11.5 Å². The van der Waals surface area contributed by atoms with Gasteiger partial charge in [-0.1, -0.05) is 13.8 Å². The maximum absolute atomic E-state index is 10.2. The molecule has 2 atom stereocenters. The molecule has 0 radical (unpaired) electrons. The first-order valence-corrected chi connectivity index (χ1v) is 6.95. The molecule has 0 spiro atoms. The van der Waals surface area contributed by atoms with Gasteiger partial charge in [0.05, 0.1) is 6.10 Å². The molecule has 102 valence electrons. The normalized spacial score (nSPS) is 27.9. The maximum atomic E-state index is 10.2. The van der Waals surface area contributed by atoms with Crippen LogP contribution in [0.4, 0.5) is 0 Å². The molecule has 0 aromatic carbocycles. The summed E-state index contributed by atoms with van der Waals surface area (Å²) in [7, 11) is 2.14. The van der Waals surface area contributed by atoms with Crippen molar-refractivity contribution in [2.75, 3.05) is 26.7 Å². The number of aliphatic hydroxyl groups excluding tert-OH is 2. The van der Waals surface area contributed by atoms with Crippen molar-refractivity contribution in [3.63, 3.8) is 0 Å². The van der Waals surface area contributed by atoms with Gasteiger partial charge in [-0.15, -0.1) is 0 Å². The van der Waals surface area contributed by atoms with Crippen LogP contribution >= 0.6 is 0 Å². The number of hydrogen-bond acceptors (Lipinski definition) is 3. The molecule has 0 saturated heterocycles. The molecular weight excluding hydrogens is 214 g/mol. The Morgan fingerprint density at radius 2 is 1.94 bits per heavy atom. The molecule has 2 N–H and O–H groups in total. The summed E-state index contributed by atoms with van der Waals surface area (Å²) in [5.41, 5.74) is 0.0996. The van der Waals surface area contributed by atoms with E-state index in [4.69, 9.17) is 5.11 Å². The summed E-state index contributed by atoms with van der Waals surface area (Å²) < 4.78 is 0. The second-order valence-electron chi connectivity index (χ2n) is 6.28. The van der Waals surface area contributed by atoms with Crippen molar-refractivity contribution in [3.8, 4) is 0 Å². The Morgan fingerprint density at radius 1 is 1.24 bits per heavy atom. The van der Waals surface area contributed by atoms with Crippen molar-refractivity contribution in [2.45, 2.75) is 52.1 Å². The van der Waals surface area contributed by atoms with Crippen molar-refractivity contribution in [2.24, 2.45) is 11.3 Å². The molecule has 17 heavy (non-hydrogen) atoms. The molecule has 3 nitrogen and oxygen atoms in total. The van der Waals surface area contributed by atoms with Crippen molar-refractivity contribution in [1.82, 2.24) is 4.90 Å². The number of aliphatic hydroxyl groups is 2. The van der Waals surface area contributed by atoms with Gasteiger partial charge in [0.2, 0.25) is 0 Å². The van der Waals surface area contributed by atoms with Crippen LogP contribution < -0.4 is 0 Å². The van der Waals surface area contributed by atoms with Crippen LogP contribution in [0.25, 0.3) is 0 Å². The molecule has 0 aliphatic heterocycles. The lowest BCUT2D eigenvalue weighted by atomic mass is 9.87. The summed E-state index contributed by atoms with van der Waals surface area (Å²) >= 11 is 0. The van der Waals surface area contributed by atoms with Gasteiger partial charge >= 0.3 is 0 Å². The minimum atomic E-state index is -0.151. The third-order valence-corrected chi connectivity index (χ3v) is 4.15. The largest absolute Gasteiger partial charge is 0.396 e. The summed E-state index contributed by atoms with van der Waals surface area (Å²) in [6.07, 6.45) is 5.28. The molecule has 1 rings (SSSR count). The molecule has 0 heterocycles. The zero-order valence-electron chi connectivity index (χ0n) is 11.7. The second-order valence-corrected chi connectivity index (χ2v) is 6.28. The molecule has 1 saturated carbocycles. The summed E-state index contributed by atoms with van der Waals surface area (Å²) in [5.74, 6) is 0.438. The van der Waals surface area contributed by atoms with E-state index in [2.05, 4.69) is 25.8 Å². The van der Waals surface area contributed by atoms with Gasteiger partial charge in [0, 0.05) is 13.2 Å². The van der Waals surface area contributed by atoms with E-state index in [1.807, 2.05) is 0 Å². The maximum Gasteiger partial charge on any atom is 0.0631 e. The van der Waals surface area contributed by atoms with Gasteiger partial charge < -0.3 is 15.1 Å². The monoisotopic (exact) mass is 243 g/mol. The molecule has 1 aliphatic carbocycles. The van der Waals surface area contributed by atoms with E-state index in [0.717, 1.165) is 45.2 Å². The number of rotatable bonds is 7. The number of nitrogens with zero attached hydrogens (tertiary/aromatic N) is 1. The first kappa shape index (κ1) is 14.9. The predicted octanol–water partition coefficient (Wildman–Crippen LogP) is 1.88. The minimum absolute atomic E-state index is 0.0996. The van der Waals surface area contributed by atoms with Gasteiger partial charge in [-0.25, -0.2) is 0 Å². The predicted molar refractivity (Wildman–Crippen MR) is 70.9 cm³/mol. The average Bonchev–Trinajstić information content (AvgIpc) is 2.52. The van der Waals surface area contributed by atoms with Crippen LogP contribution in [0.2, 0.25) is 0 Å². The van der Waals surface area contributed by atoms with Crippen LogP contribution in [0.15, 0.2) is 0 Å². The third-order valence-electron chi connectivity index (χ3n) is 4.15. The Kier molecular flexibility index (Phi) is 5.90. The van der Waals surface area contributed by atoms with Gasteiger partial charge in [-0.05, 0) is 57.0 Å². The topological polar surface area (TPSA) is 43.7 Å². The summed E-state index contributed by atoms with van der Waals surface area (Å²) in [5, 5.41) is 18.9. The van der Waals surface area contributed by atoms with E-state index in [0.29, 0.717) is 12.5 Å². The first-order valence-electron chi connectivity index (χ1n) is 6.95. The standard InChI is InChI=1S/C14H29NO2/c1-14(2)8-7-12(13(14)17)11-15(3)9-5-4-6-10-16/h12-13,16-17H,4-11H2,1-3H3. The lowest BCUT2D eigenvalue weighted by molar-refractivity contribution is 0.0354. The zero-order valence-corrected chi connectivity index (χ0v) is 11.7. The average molecular weight is 243 g/mol. The van der Waals surface area contributed by atoms with Crippen molar-refractivity contribution in [1.29, 1.82) is 0 Å². The Hall–Kier alpha value is -0.120. The van der Waals surface area contributed by atoms with E-state index in [1.165, 1.54) is 0 Å². The molecule has 2 unspecified atom stereocenters. The van der Waals surface area contributed by atoms with Gasteiger partial charge in [0.25, 0.3) is 0 Å². The molecule has 1 aliphatic rings. The quantitative estimate of drug-likeness (QED) is 0.671. The SMILES string of the molecule is CN(CCCCCO)CC1CCC(C)(C)C1O. The van der Waals surface area contributed by atoms with E-state index < -0.39 is 0 Å². The molecule has 3 heteroatoms. The highest BCUT2D eigenvalue weighted by atomic mass is 16.3. The van der Waals surface area contributed by atoms with Crippen LogP contribution in [0.3, 0.4) is 0 Å². The Balaban J connectivity index is 2.21. The van der Waals surface area contributed by atoms with Crippen molar-refractivity contribution in [3.05, 3.63) is 0 Å². The lowest BCUT2D eigenvalue weighted by Crippen LogP contribution is -2.35. The Morgan fingerprint density at radius 3 is 2.47 bits per heavy atom. The number of hydrogen-bond donors (Lipinski definition) is 2. The van der Waals surface area contributed by atoms with Crippen LogP contribution in [0.1, 0.15) is 46.0 Å². The fourth-order valence-corrected chi connectivity index (χ4v) is 2.85. The summed E-state index contributed by atoms with van der Waals surface area (Å²) in [6, 6.07) is 0. The van der Waals surface area contributed by atoms with Gasteiger partial charge in [0.15, 0.2) is 0 Å². The van der Waals surface area contributed by atoms with Crippen LogP contribution in [-0.2, 0) is 0 Å². The Labute approximate surface area is 106 Å². The highest BCUT2D eigenvalue weighted by Gasteiger charge is 2.40. The van der Waals surface area contributed by atoms with Gasteiger partial charge in [-0.3, -0.25) is 0 Å². The lowest BCUT2D eigenvalue weighted by Gasteiger charge is -2.28. The first-order chi connectivity index (χ1) is 7.97. The summed E-state index contributed by atoms with van der Waals surface area (Å²) in [6.45, 7) is 6.71. The Bertz CT molecular complexity index is 218. The fraction of sp³-hybridized carbons (Fsp3) is 1.00. The minimum Gasteiger partial charge on any atom is -0.396 e. The van der Waals surface area contributed by atoms with E-state index in [9.17, 15) is 5.11 Å². The second kappa shape index (κ2) is 6.72. The van der Waals surface area contributed by atoms with Crippen LogP contribution in [-0.4, -0.2) is 48.0 Å². The summed E-state index contributed by atoms with van der Waals surface area (Å²) in [4.78, 5) is 2.33. The molecule has 1 fully saturated rings. The zero-order chi connectivity index (χ0) is 12.9. The molecule has 0 aromatic heterocycles. The van der Waals surface area contributed by atoms with E-state index >= 15 is 0 Å². The fourth-order valence-electron chi connectivity index (χ4n) is 2.85.